The number of halogens is 1. The molecular formula is C22H24FN5O2. The highest BCUT2D eigenvalue weighted by atomic mass is 19.1. The molecular weight excluding hydrogens is 385 g/mol. The molecule has 4 heterocycles. The summed E-state index contributed by atoms with van der Waals surface area (Å²) >= 11 is 0. The highest BCUT2D eigenvalue weighted by molar-refractivity contribution is 5.92. The minimum Gasteiger partial charge on any atom is -0.435 e. The average molecular weight is 409 g/mol. The predicted molar refractivity (Wildman–Crippen MR) is 110 cm³/mol. The molecule has 1 atom stereocenters. The topological polar surface area (TPSA) is 84.2 Å². The van der Waals surface area contributed by atoms with Crippen LogP contribution in [-0.4, -0.2) is 38.8 Å². The predicted octanol–water partition coefficient (Wildman–Crippen LogP) is 4.16. The summed E-state index contributed by atoms with van der Waals surface area (Å²) in [5.41, 5.74) is 3.24. The molecule has 0 bridgehead atoms. The molecule has 1 aliphatic rings. The van der Waals surface area contributed by atoms with Crippen LogP contribution >= 0.6 is 0 Å². The van der Waals surface area contributed by atoms with Crippen molar-refractivity contribution in [2.45, 2.75) is 39.5 Å². The van der Waals surface area contributed by atoms with Gasteiger partial charge in [0.2, 0.25) is 5.76 Å². The Morgan fingerprint density at radius 2 is 2.13 bits per heavy atom. The number of hydrogen-bond donors (Lipinski definition) is 1. The lowest BCUT2D eigenvalue weighted by Gasteiger charge is -2.16. The number of carbonyl (C=O) groups is 1. The van der Waals surface area contributed by atoms with E-state index in [1.54, 1.807) is 17.9 Å². The number of carbonyl (C=O) groups excluding carboxylic acids is 1. The molecule has 7 nitrogen and oxygen atoms in total. The van der Waals surface area contributed by atoms with Gasteiger partial charge in [0.05, 0.1) is 11.9 Å². The van der Waals surface area contributed by atoms with Crippen LogP contribution in [0.3, 0.4) is 0 Å². The van der Waals surface area contributed by atoms with Gasteiger partial charge in [-0.25, -0.2) is 14.4 Å². The van der Waals surface area contributed by atoms with Crippen LogP contribution in [0.2, 0.25) is 0 Å². The Balaban J connectivity index is 1.49. The number of aromatic nitrogens is 3. The van der Waals surface area contributed by atoms with E-state index in [9.17, 15) is 9.18 Å². The lowest BCUT2D eigenvalue weighted by molar-refractivity contribution is 0.0756. The molecule has 0 aromatic carbocycles. The van der Waals surface area contributed by atoms with Gasteiger partial charge in [0.25, 0.3) is 5.91 Å². The summed E-state index contributed by atoms with van der Waals surface area (Å²) in [4.78, 5) is 27.7. The van der Waals surface area contributed by atoms with Crippen LogP contribution in [0.1, 0.15) is 52.8 Å². The van der Waals surface area contributed by atoms with Gasteiger partial charge in [0.15, 0.2) is 5.89 Å². The summed E-state index contributed by atoms with van der Waals surface area (Å²) in [6, 6.07) is 6.83. The fourth-order valence-electron chi connectivity index (χ4n) is 3.70. The molecule has 1 amide bonds. The van der Waals surface area contributed by atoms with Gasteiger partial charge in [-0.3, -0.25) is 9.78 Å². The van der Waals surface area contributed by atoms with Crippen LogP contribution in [0, 0.1) is 19.7 Å². The van der Waals surface area contributed by atoms with E-state index in [-0.39, 0.29) is 17.6 Å². The van der Waals surface area contributed by atoms with Crippen LogP contribution in [0.25, 0.3) is 0 Å². The minimum atomic E-state index is -0.379. The molecule has 0 aliphatic carbocycles. The molecule has 0 unspecified atom stereocenters. The molecule has 3 aromatic rings. The molecule has 156 valence electrons. The maximum absolute atomic E-state index is 13.1. The van der Waals surface area contributed by atoms with Crippen LogP contribution < -0.4 is 5.32 Å². The van der Waals surface area contributed by atoms with Gasteiger partial charge in [-0.2, -0.15) is 0 Å². The molecule has 1 fully saturated rings. The summed E-state index contributed by atoms with van der Waals surface area (Å²) < 4.78 is 18.7. The fraction of sp³-hybridized carbons (Fsp3) is 0.364. The van der Waals surface area contributed by atoms with E-state index >= 15 is 0 Å². The number of aryl methyl sites for hydroxylation is 3. The fourth-order valence-corrected chi connectivity index (χ4v) is 3.70. The first-order valence-electron chi connectivity index (χ1n) is 10.1. The minimum absolute atomic E-state index is 0.122. The second-order valence-electron chi connectivity index (χ2n) is 7.52. The quantitative estimate of drug-likeness (QED) is 0.681. The van der Waals surface area contributed by atoms with Gasteiger partial charge in [-0.1, -0.05) is 6.92 Å². The Hall–Kier alpha value is -3.29. The standard InChI is InChI=1S/C22H24FN5O2/c1-4-20-26-14(3)21(30-20)22(29)28-8-7-15(12-28)18-10-17(9-13(2)25-18)27-19-6-5-16(23)11-24-19/h5-6,9-11,15H,4,7-8,12H2,1-3H3,(H,24,25,27)/t15-/m1/s1. The zero-order valence-corrected chi connectivity index (χ0v) is 17.3. The van der Waals surface area contributed by atoms with E-state index in [1.165, 1.54) is 12.3 Å². The Morgan fingerprint density at radius 3 is 2.83 bits per heavy atom. The van der Waals surface area contributed by atoms with Crippen molar-refractivity contribution in [2.75, 3.05) is 18.4 Å². The van der Waals surface area contributed by atoms with Crippen LogP contribution in [0.15, 0.2) is 34.9 Å². The zero-order valence-electron chi connectivity index (χ0n) is 17.3. The Morgan fingerprint density at radius 1 is 1.30 bits per heavy atom. The van der Waals surface area contributed by atoms with E-state index < -0.39 is 0 Å². The highest BCUT2D eigenvalue weighted by Crippen LogP contribution is 2.30. The lowest BCUT2D eigenvalue weighted by atomic mass is 10.0. The van der Waals surface area contributed by atoms with Crippen LogP contribution in [0.4, 0.5) is 15.9 Å². The first-order chi connectivity index (χ1) is 14.4. The zero-order chi connectivity index (χ0) is 21.3. The van der Waals surface area contributed by atoms with E-state index in [2.05, 4.69) is 20.3 Å². The summed E-state index contributed by atoms with van der Waals surface area (Å²) in [5, 5.41) is 3.19. The third-order valence-electron chi connectivity index (χ3n) is 5.20. The van der Waals surface area contributed by atoms with Gasteiger partial charge in [-0.05, 0) is 44.5 Å². The number of rotatable bonds is 5. The van der Waals surface area contributed by atoms with Crippen molar-refractivity contribution in [1.29, 1.82) is 0 Å². The Labute approximate surface area is 174 Å². The number of likely N-dealkylation sites (tertiary alicyclic amines) is 1. The lowest BCUT2D eigenvalue weighted by Crippen LogP contribution is -2.28. The third kappa shape index (κ3) is 4.17. The monoisotopic (exact) mass is 409 g/mol. The third-order valence-corrected chi connectivity index (χ3v) is 5.20. The number of anilines is 2. The maximum atomic E-state index is 13.1. The normalized spacial score (nSPS) is 16.1. The van der Waals surface area contributed by atoms with Gasteiger partial charge in [0, 0.05) is 42.5 Å². The summed E-state index contributed by atoms with van der Waals surface area (Å²) in [6.07, 6.45) is 2.65. The smallest absolute Gasteiger partial charge is 0.291 e. The van der Waals surface area contributed by atoms with Crippen molar-refractivity contribution in [2.24, 2.45) is 0 Å². The molecule has 1 saturated heterocycles. The van der Waals surface area contributed by atoms with E-state index in [0.717, 1.165) is 23.5 Å². The maximum Gasteiger partial charge on any atom is 0.291 e. The molecule has 3 aromatic heterocycles. The van der Waals surface area contributed by atoms with Gasteiger partial charge in [0.1, 0.15) is 11.6 Å². The molecule has 0 saturated carbocycles. The average Bonchev–Trinajstić information content (AvgIpc) is 3.36. The molecule has 4 rings (SSSR count). The Kier molecular flexibility index (Phi) is 5.48. The first-order valence-corrected chi connectivity index (χ1v) is 10.1. The molecule has 8 heteroatoms. The number of pyridine rings is 2. The number of nitrogens with one attached hydrogen (secondary N) is 1. The van der Waals surface area contributed by atoms with E-state index in [1.807, 2.05) is 26.0 Å². The second kappa shape index (κ2) is 8.22. The number of hydrogen-bond acceptors (Lipinski definition) is 6. The summed E-state index contributed by atoms with van der Waals surface area (Å²) in [5.74, 6) is 1.10. The van der Waals surface area contributed by atoms with Gasteiger partial charge < -0.3 is 14.6 Å². The number of oxazole rings is 1. The molecule has 1 N–H and O–H groups in total. The van der Waals surface area contributed by atoms with Crippen molar-refractivity contribution >= 4 is 17.4 Å². The number of nitrogens with zero attached hydrogens (tertiary/aromatic N) is 4. The molecule has 30 heavy (non-hydrogen) atoms. The SMILES string of the molecule is CCc1nc(C)c(C(=O)N2CC[C@@H](c3cc(Nc4ccc(F)cn4)cc(C)n3)C2)o1. The second-order valence-corrected chi connectivity index (χ2v) is 7.52. The van der Waals surface area contributed by atoms with Crippen LogP contribution in [0.5, 0.6) is 0 Å². The van der Waals surface area contributed by atoms with Crippen molar-refractivity contribution in [1.82, 2.24) is 19.9 Å². The Bertz CT molecular complexity index is 1060. The largest absolute Gasteiger partial charge is 0.435 e. The van der Waals surface area contributed by atoms with Crippen molar-refractivity contribution in [3.05, 3.63) is 65.0 Å². The first kappa shape index (κ1) is 20.0. The molecule has 0 spiro atoms. The van der Waals surface area contributed by atoms with Crippen molar-refractivity contribution in [3.8, 4) is 0 Å². The van der Waals surface area contributed by atoms with Gasteiger partial charge in [-0.15, -0.1) is 0 Å². The van der Waals surface area contributed by atoms with E-state index in [4.69, 9.17) is 4.42 Å². The highest BCUT2D eigenvalue weighted by Gasteiger charge is 2.31. The van der Waals surface area contributed by atoms with E-state index in [0.29, 0.717) is 42.7 Å². The van der Waals surface area contributed by atoms with Crippen molar-refractivity contribution < 1.29 is 13.6 Å². The van der Waals surface area contributed by atoms with Crippen molar-refractivity contribution in [3.63, 3.8) is 0 Å². The molecule has 1 aliphatic heterocycles. The number of amides is 1. The summed E-state index contributed by atoms with van der Waals surface area (Å²) in [6.45, 7) is 6.89. The van der Waals surface area contributed by atoms with Gasteiger partial charge >= 0.3 is 0 Å². The van der Waals surface area contributed by atoms with Crippen LogP contribution in [-0.2, 0) is 6.42 Å². The summed E-state index contributed by atoms with van der Waals surface area (Å²) in [7, 11) is 0. The molecule has 0 radical (unpaired) electrons.